The summed E-state index contributed by atoms with van der Waals surface area (Å²) in [6.45, 7) is 4.72. The third kappa shape index (κ3) is 3.92. The Labute approximate surface area is 113 Å². The molecule has 0 amide bonds. The van der Waals surface area contributed by atoms with Crippen molar-refractivity contribution in [2.24, 2.45) is 5.41 Å². The van der Waals surface area contributed by atoms with Gasteiger partial charge in [0.1, 0.15) is 0 Å². The van der Waals surface area contributed by atoms with E-state index in [1.54, 1.807) is 32.1 Å². The average Bonchev–Trinajstić information content (AvgIpc) is 2.34. The molecule has 0 heterocycles. The molecule has 1 aliphatic carbocycles. The molecule has 0 nitrogen and oxygen atoms in total. The fourth-order valence-corrected chi connectivity index (χ4v) is 7.93. The van der Waals surface area contributed by atoms with Gasteiger partial charge in [0.05, 0.1) is 0 Å². The summed E-state index contributed by atoms with van der Waals surface area (Å²) in [4.78, 5) is 2.59. The molecular weight excluding hydrogens is 299 g/mol. The summed E-state index contributed by atoms with van der Waals surface area (Å²) < 4.78 is 1.21. The Hall–Kier alpha value is 0.799. The van der Waals surface area contributed by atoms with Gasteiger partial charge < -0.3 is 0 Å². The zero-order chi connectivity index (χ0) is 11.9. The van der Waals surface area contributed by atoms with Crippen LogP contribution in [0, 0.1) is 5.41 Å². The van der Waals surface area contributed by atoms with Crippen LogP contribution in [0.4, 0.5) is 0 Å². The summed E-state index contributed by atoms with van der Waals surface area (Å²) in [5.41, 5.74) is 0.825. The standard InChI is InChI=1S/C14H27.CH3.Sn/c1-3-5-10-14(11-6-4-2)12-8-7-9-13-14;;/h12H,3-11,13H2,1-2H3;1H3;. The minimum atomic E-state index is -0.0642. The van der Waals surface area contributed by atoms with Crippen molar-refractivity contribution >= 4 is 21.1 Å². The Bertz CT molecular complexity index is 168. The SMILES string of the molecule is CCCCC1(CCCC)CCCC[CH]1[Sn][CH3]. The normalized spacial score (nSPS) is 24.6. The molecule has 94 valence electrons. The Morgan fingerprint density at radius 3 is 2.19 bits per heavy atom. The first kappa shape index (κ1) is 14.9. The van der Waals surface area contributed by atoms with E-state index in [-0.39, 0.29) is 21.1 Å². The van der Waals surface area contributed by atoms with Crippen LogP contribution in [0.3, 0.4) is 0 Å². The first-order valence-corrected chi connectivity index (χ1v) is 12.0. The third-order valence-electron chi connectivity index (χ3n) is 4.56. The summed E-state index contributed by atoms with van der Waals surface area (Å²) >= 11 is -0.0642. The Balaban J connectivity index is 2.63. The molecule has 1 rings (SSSR count). The van der Waals surface area contributed by atoms with Crippen LogP contribution in [0.1, 0.15) is 78.1 Å². The topological polar surface area (TPSA) is 0 Å². The van der Waals surface area contributed by atoms with E-state index in [0.717, 1.165) is 5.41 Å². The van der Waals surface area contributed by atoms with Gasteiger partial charge in [0, 0.05) is 0 Å². The molecule has 0 aromatic heterocycles. The first-order valence-electron chi connectivity index (χ1n) is 7.46. The fourth-order valence-electron chi connectivity index (χ4n) is 3.54. The minimum absolute atomic E-state index is 0.0642. The number of rotatable bonds is 7. The molecule has 0 aromatic rings. The quantitative estimate of drug-likeness (QED) is 0.544. The van der Waals surface area contributed by atoms with Crippen LogP contribution in [0.25, 0.3) is 0 Å². The summed E-state index contributed by atoms with van der Waals surface area (Å²) in [5.74, 6) is 0. The summed E-state index contributed by atoms with van der Waals surface area (Å²) in [5, 5.41) is 0. The number of hydrogen-bond donors (Lipinski definition) is 0. The van der Waals surface area contributed by atoms with E-state index in [0.29, 0.717) is 0 Å². The van der Waals surface area contributed by atoms with Gasteiger partial charge in [-0.15, -0.1) is 0 Å². The molecule has 1 aliphatic rings. The van der Waals surface area contributed by atoms with Gasteiger partial charge in [-0.05, 0) is 0 Å². The molecule has 2 radical (unpaired) electrons. The van der Waals surface area contributed by atoms with E-state index >= 15 is 0 Å². The van der Waals surface area contributed by atoms with Gasteiger partial charge in [-0.3, -0.25) is 0 Å². The molecule has 0 N–H and O–H groups in total. The Kier molecular flexibility index (Phi) is 7.43. The second kappa shape index (κ2) is 8.00. The van der Waals surface area contributed by atoms with Gasteiger partial charge in [0.2, 0.25) is 0 Å². The molecule has 1 heteroatoms. The third-order valence-corrected chi connectivity index (χ3v) is 9.12. The van der Waals surface area contributed by atoms with Gasteiger partial charge in [0.25, 0.3) is 0 Å². The van der Waals surface area contributed by atoms with Crippen molar-refractivity contribution in [3.05, 3.63) is 0 Å². The summed E-state index contributed by atoms with van der Waals surface area (Å²) in [6, 6.07) is 0. The van der Waals surface area contributed by atoms with Crippen LogP contribution in [-0.4, -0.2) is 21.1 Å². The van der Waals surface area contributed by atoms with Crippen molar-refractivity contribution < 1.29 is 0 Å². The van der Waals surface area contributed by atoms with Crippen molar-refractivity contribution in [2.45, 2.75) is 86.9 Å². The monoisotopic (exact) mass is 330 g/mol. The summed E-state index contributed by atoms with van der Waals surface area (Å²) in [7, 11) is 0. The van der Waals surface area contributed by atoms with Crippen LogP contribution < -0.4 is 0 Å². The van der Waals surface area contributed by atoms with Crippen LogP contribution in [0.5, 0.6) is 0 Å². The second-order valence-corrected chi connectivity index (χ2v) is 9.29. The van der Waals surface area contributed by atoms with Crippen molar-refractivity contribution in [3.63, 3.8) is 0 Å². The van der Waals surface area contributed by atoms with E-state index < -0.39 is 0 Å². The Morgan fingerprint density at radius 1 is 1.06 bits per heavy atom. The number of hydrogen-bond acceptors (Lipinski definition) is 0. The van der Waals surface area contributed by atoms with E-state index in [4.69, 9.17) is 0 Å². The molecule has 1 saturated carbocycles. The van der Waals surface area contributed by atoms with Crippen molar-refractivity contribution in [1.29, 1.82) is 0 Å². The molecule has 1 fully saturated rings. The zero-order valence-electron chi connectivity index (χ0n) is 11.6. The Morgan fingerprint density at radius 2 is 1.69 bits per heavy atom. The van der Waals surface area contributed by atoms with E-state index in [9.17, 15) is 0 Å². The average molecular weight is 329 g/mol. The molecule has 1 atom stereocenters. The summed E-state index contributed by atoms with van der Waals surface area (Å²) in [6.07, 6.45) is 15.1. The van der Waals surface area contributed by atoms with Gasteiger partial charge in [0.15, 0.2) is 0 Å². The van der Waals surface area contributed by atoms with Gasteiger partial charge in [-0.25, -0.2) is 0 Å². The second-order valence-electron chi connectivity index (χ2n) is 5.66. The fraction of sp³-hybridized carbons (Fsp3) is 1.00. The van der Waals surface area contributed by atoms with E-state index in [1.165, 1.54) is 36.0 Å². The van der Waals surface area contributed by atoms with Gasteiger partial charge in [-0.2, -0.15) is 0 Å². The molecule has 0 aromatic carbocycles. The maximum atomic E-state index is 2.59. The molecule has 0 aliphatic heterocycles. The van der Waals surface area contributed by atoms with E-state index in [1.807, 2.05) is 0 Å². The predicted molar refractivity (Wildman–Crippen MR) is 75.3 cm³/mol. The van der Waals surface area contributed by atoms with Crippen molar-refractivity contribution in [2.75, 3.05) is 0 Å². The molecule has 0 saturated heterocycles. The van der Waals surface area contributed by atoms with Crippen LogP contribution in [-0.2, 0) is 0 Å². The molecule has 16 heavy (non-hydrogen) atoms. The van der Waals surface area contributed by atoms with Crippen LogP contribution in [0.2, 0.25) is 8.87 Å². The molecule has 0 spiro atoms. The molecule has 1 unspecified atom stereocenters. The van der Waals surface area contributed by atoms with Gasteiger partial charge in [-0.1, -0.05) is 0 Å². The van der Waals surface area contributed by atoms with Crippen LogP contribution >= 0.6 is 0 Å². The maximum absolute atomic E-state index is 2.59. The van der Waals surface area contributed by atoms with Gasteiger partial charge >= 0.3 is 113 Å². The number of unbranched alkanes of at least 4 members (excludes halogenated alkanes) is 2. The van der Waals surface area contributed by atoms with Crippen molar-refractivity contribution in [3.8, 4) is 0 Å². The molecular formula is C15H30Sn. The first-order chi connectivity index (χ1) is 7.79. The predicted octanol–water partition coefficient (Wildman–Crippen LogP) is 5.47. The molecule has 0 bridgehead atoms. The van der Waals surface area contributed by atoms with Crippen molar-refractivity contribution in [1.82, 2.24) is 0 Å². The van der Waals surface area contributed by atoms with Crippen LogP contribution in [0.15, 0.2) is 0 Å². The van der Waals surface area contributed by atoms with E-state index in [2.05, 4.69) is 18.8 Å². The zero-order valence-corrected chi connectivity index (χ0v) is 14.5.